The van der Waals surface area contributed by atoms with Crippen molar-refractivity contribution in [2.75, 3.05) is 13.7 Å². The van der Waals surface area contributed by atoms with Crippen LogP contribution in [-0.2, 0) is 16.1 Å². The molecule has 0 spiro atoms. The van der Waals surface area contributed by atoms with Gasteiger partial charge in [0, 0.05) is 13.6 Å². The number of carbonyl (C=O) groups excluding carboxylic acids is 2. The van der Waals surface area contributed by atoms with Crippen LogP contribution in [0.4, 0.5) is 0 Å². The minimum atomic E-state index is -0.530. The van der Waals surface area contributed by atoms with Crippen molar-refractivity contribution in [2.45, 2.75) is 25.9 Å². The first-order chi connectivity index (χ1) is 12.2. The van der Waals surface area contributed by atoms with Crippen LogP contribution in [0.15, 0.2) is 60.7 Å². The van der Waals surface area contributed by atoms with Crippen molar-refractivity contribution in [3.63, 3.8) is 0 Å². The maximum atomic E-state index is 12.8. The summed E-state index contributed by atoms with van der Waals surface area (Å²) in [6, 6.07) is 18.3. The zero-order valence-electron chi connectivity index (χ0n) is 14.6. The number of nitrogens with one attached hydrogen (secondary N) is 1. The molecule has 0 bridgehead atoms. The Labute approximate surface area is 148 Å². The van der Waals surface area contributed by atoms with E-state index in [0.29, 0.717) is 18.7 Å². The Morgan fingerprint density at radius 2 is 1.64 bits per heavy atom. The number of ether oxygens (including phenoxy) is 1. The zero-order valence-corrected chi connectivity index (χ0v) is 14.6. The number of nitrogens with zero attached hydrogens (tertiary/aromatic N) is 1. The van der Waals surface area contributed by atoms with Gasteiger partial charge in [0.15, 0.2) is 6.61 Å². The first-order valence-corrected chi connectivity index (χ1v) is 8.38. The van der Waals surface area contributed by atoms with Gasteiger partial charge in [0.05, 0.1) is 0 Å². The summed E-state index contributed by atoms with van der Waals surface area (Å²) in [6.07, 6.45) is 0.531. The molecule has 25 heavy (non-hydrogen) atoms. The minimum absolute atomic E-state index is 0.107. The minimum Gasteiger partial charge on any atom is -0.484 e. The van der Waals surface area contributed by atoms with Crippen molar-refractivity contribution in [2.24, 2.45) is 0 Å². The molecule has 1 N–H and O–H groups in total. The highest BCUT2D eigenvalue weighted by molar-refractivity contribution is 5.88. The zero-order chi connectivity index (χ0) is 18.1. The van der Waals surface area contributed by atoms with Crippen molar-refractivity contribution in [3.05, 3.63) is 66.2 Å². The second-order valence-electron chi connectivity index (χ2n) is 5.65. The number of amides is 2. The number of rotatable bonds is 8. The molecule has 0 aliphatic heterocycles. The van der Waals surface area contributed by atoms with Crippen molar-refractivity contribution < 1.29 is 14.3 Å². The normalized spacial score (nSPS) is 11.4. The maximum absolute atomic E-state index is 12.8. The number of carbonyl (C=O) groups is 2. The molecule has 0 unspecified atom stereocenters. The molecule has 0 radical (unpaired) electrons. The third-order valence-electron chi connectivity index (χ3n) is 3.93. The molecule has 0 aliphatic rings. The number of likely N-dealkylation sites (N-methyl/N-ethyl adjacent to an activating group) is 1. The van der Waals surface area contributed by atoms with Crippen LogP contribution in [0.5, 0.6) is 5.75 Å². The van der Waals surface area contributed by atoms with Crippen LogP contribution in [0, 0.1) is 0 Å². The number of benzene rings is 2. The summed E-state index contributed by atoms with van der Waals surface area (Å²) in [7, 11) is 1.58. The van der Waals surface area contributed by atoms with E-state index in [9.17, 15) is 9.59 Å². The van der Waals surface area contributed by atoms with Crippen LogP contribution in [0.1, 0.15) is 18.9 Å². The highest BCUT2D eigenvalue weighted by Gasteiger charge is 2.28. The van der Waals surface area contributed by atoms with Crippen LogP contribution in [0.3, 0.4) is 0 Å². The molecular weight excluding hydrogens is 316 g/mol. The Balaban J connectivity index is 2.14. The van der Waals surface area contributed by atoms with Crippen LogP contribution in [0.2, 0.25) is 0 Å². The van der Waals surface area contributed by atoms with Crippen LogP contribution >= 0.6 is 0 Å². The fourth-order valence-electron chi connectivity index (χ4n) is 2.61. The van der Waals surface area contributed by atoms with E-state index in [-0.39, 0.29) is 18.4 Å². The van der Waals surface area contributed by atoms with Crippen LogP contribution < -0.4 is 10.1 Å². The second kappa shape index (κ2) is 9.47. The number of para-hydroxylation sites is 1. The molecule has 0 saturated heterocycles. The Kier molecular flexibility index (Phi) is 7.01. The molecule has 2 amide bonds. The molecule has 0 heterocycles. The predicted octanol–water partition coefficient (Wildman–Crippen LogP) is 2.62. The highest BCUT2D eigenvalue weighted by Crippen LogP contribution is 2.14. The number of hydrogen-bond donors (Lipinski definition) is 1. The van der Waals surface area contributed by atoms with Gasteiger partial charge >= 0.3 is 0 Å². The lowest BCUT2D eigenvalue weighted by atomic mass is 10.1. The molecule has 1 atom stereocenters. The first-order valence-electron chi connectivity index (χ1n) is 8.38. The molecule has 2 rings (SSSR count). The maximum Gasteiger partial charge on any atom is 0.261 e. The van der Waals surface area contributed by atoms with Gasteiger partial charge in [0.2, 0.25) is 5.91 Å². The van der Waals surface area contributed by atoms with Gasteiger partial charge in [-0.25, -0.2) is 0 Å². The molecule has 2 aromatic carbocycles. The standard InChI is InChI=1S/C20H24N2O3/c1-3-18(20(24)21-2)22(14-16-10-6-4-7-11-16)19(23)15-25-17-12-8-5-9-13-17/h4-13,18H,3,14-15H2,1-2H3,(H,21,24)/t18-/m0/s1. The van der Waals surface area contributed by atoms with Crippen molar-refractivity contribution in [3.8, 4) is 5.75 Å². The lowest BCUT2D eigenvalue weighted by molar-refractivity contribution is -0.142. The largest absolute Gasteiger partial charge is 0.484 e. The fraction of sp³-hybridized carbons (Fsp3) is 0.300. The van der Waals surface area contributed by atoms with E-state index in [1.54, 1.807) is 24.1 Å². The molecule has 0 aromatic heterocycles. The molecule has 5 nitrogen and oxygen atoms in total. The van der Waals surface area contributed by atoms with Gasteiger partial charge in [-0.3, -0.25) is 9.59 Å². The second-order valence-corrected chi connectivity index (χ2v) is 5.65. The van der Waals surface area contributed by atoms with E-state index in [2.05, 4.69) is 5.32 Å². The van der Waals surface area contributed by atoms with Gasteiger partial charge in [0.1, 0.15) is 11.8 Å². The van der Waals surface area contributed by atoms with Crippen LogP contribution in [0.25, 0.3) is 0 Å². The van der Waals surface area contributed by atoms with Gasteiger partial charge < -0.3 is 15.0 Å². The predicted molar refractivity (Wildman–Crippen MR) is 97.1 cm³/mol. The fourth-order valence-corrected chi connectivity index (χ4v) is 2.61. The van der Waals surface area contributed by atoms with Crippen LogP contribution in [-0.4, -0.2) is 36.4 Å². The van der Waals surface area contributed by atoms with Crippen molar-refractivity contribution in [1.82, 2.24) is 10.2 Å². The van der Waals surface area contributed by atoms with E-state index in [0.717, 1.165) is 5.56 Å². The molecule has 5 heteroatoms. The van der Waals surface area contributed by atoms with E-state index in [1.807, 2.05) is 55.5 Å². The lowest BCUT2D eigenvalue weighted by Gasteiger charge is -2.30. The SMILES string of the molecule is CC[C@@H](C(=O)NC)N(Cc1ccccc1)C(=O)COc1ccccc1. The van der Waals surface area contributed by atoms with E-state index >= 15 is 0 Å². The summed E-state index contributed by atoms with van der Waals surface area (Å²) < 4.78 is 5.57. The lowest BCUT2D eigenvalue weighted by Crippen LogP contribution is -2.49. The smallest absolute Gasteiger partial charge is 0.261 e. The Hall–Kier alpha value is -2.82. The molecule has 2 aromatic rings. The summed E-state index contributed by atoms with van der Waals surface area (Å²) in [5.74, 6) is 0.234. The molecule has 0 aliphatic carbocycles. The van der Waals surface area contributed by atoms with Gasteiger partial charge in [0.25, 0.3) is 5.91 Å². The summed E-state index contributed by atoms with van der Waals surface area (Å²) in [5, 5.41) is 2.64. The quantitative estimate of drug-likeness (QED) is 0.804. The third-order valence-corrected chi connectivity index (χ3v) is 3.93. The molecular formula is C20H24N2O3. The van der Waals surface area contributed by atoms with Crippen molar-refractivity contribution in [1.29, 1.82) is 0 Å². The first kappa shape index (κ1) is 18.5. The number of hydrogen-bond acceptors (Lipinski definition) is 3. The van der Waals surface area contributed by atoms with Gasteiger partial charge in [-0.05, 0) is 24.1 Å². The molecule has 0 fully saturated rings. The molecule has 132 valence electrons. The van der Waals surface area contributed by atoms with Crippen molar-refractivity contribution >= 4 is 11.8 Å². The Morgan fingerprint density at radius 1 is 1.04 bits per heavy atom. The van der Waals surface area contributed by atoms with Gasteiger partial charge in [-0.1, -0.05) is 55.5 Å². The highest BCUT2D eigenvalue weighted by atomic mass is 16.5. The summed E-state index contributed by atoms with van der Waals surface area (Å²) in [5.41, 5.74) is 0.970. The molecule has 0 saturated carbocycles. The monoisotopic (exact) mass is 340 g/mol. The third kappa shape index (κ3) is 5.35. The van der Waals surface area contributed by atoms with Gasteiger partial charge in [-0.2, -0.15) is 0 Å². The van der Waals surface area contributed by atoms with Gasteiger partial charge in [-0.15, -0.1) is 0 Å². The Morgan fingerprint density at radius 3 is 2.20 bits per heavy atom. The summed E-state index contributed by atoms with van der Waals surface area (Å²) in [6.45, 7) is 2.15. The van der Waals surface area contributed by atoms with E-state index in [4.69, 9.17) is 4.74 Å². The average Bonchev–Trinajstić information content (AvgIpc) is 2.67. The van der Waals surface area contributed by atoms with E-state index in [1.165, 1.54) is 0 Å². The summed E-state index contributed by atoms with van der Waals surface area (Å²) in [4.78, 5) is 26.6. The summed E-state index contributed by atoms with van der Waals surface area (Å²) >= 11 is 0. The topological polar surface area (TPSA) is 58.6 Å². The van der Waals surface area contributed by atoms with E-state index < -0.39 is 6.04 Å². The Bertz CT molecular complexity index is 674. The average molecular weight is 340 g/mol.